The highest BCUT2D eigenvalue weighted by molar-refractivity contribution is 5.42. The van der Waals surface area contributed by atoms with Crippen LogP contribution in [0, 0.1) is 12.8 Å². The molecule has 0 radical (unpaired) electrons. The van der Waals surface area contributed by atoms with Crippen LogP contribution in [-0.2, 0) is 0 Å². The summed E-state index contributed by atoms with van der Waals surface area (Å²) in [6, 6.07) is 4.07. The van der Waals surface area contributed by atoms with Gasteiger partial charge in [0.05, 0.1) is 0 Å². The number of pyridine rings is 1. The molecular formula is C11H16N2. The molecular weight excluding hydrogens is 160 g/mol. The van der Waals surface area contributed by atoms with Crippen LogP contribution in [0.3, 0.4) is 0 Å². The maximum absolute atomic E-state index is 4.30. The smallest absolute Gasteiger partial charge is 0.128 e. The van der Waals surface area contributed by atoms with E-state index in [0.717, 1.165) is 18.3 Å². The Balaban J connectivity index is 1.89. The number of nitrogens with one attached hydrogen (secondary N) is 1. The van der Waals surface area contributed by atoms with Crippen LogP contribution in [0.15, 0.2) is 18.3 Å². The van der Waals surface area contributed by atoms with Gasteiger partial charge in [-0.3, -0.25) is 0 Å². The molecule has 1 fully saturated rings. The predicted octanol–water partition coefficient (Wildman–Crippen LogP) is 2.60. The first-order chi connectivity index (χ1) is 6.36. The zero-order valence-electron chi connectivity index (χ0n) is 8.09. The Morgan fingerprint density at radius 1 is 1.54 bits per heavy atom. The molecule has 0 spiro atoms. The first kappa shape index (κ1) is 8.54. The lowest BCUT2D eigenvalue weighted by Crippen LogP contribution is -2.21. The van der Waals surface area contributed by atoms with Crippen molar-refractivity contribution in [3.05, 3.63) is 23.9 Å². The third-order valence-corrected chi connectivity index (χ3v) is 2.79. The molecule has 1 saturated carbocycles. The Labute approximate surface area is 79.4 Å². The van der Waals surface area contributed by atoms with Crippen molar-refractivity contribution in [2.24, 2.45) is 5.92 Å². The summed E-state index contributed by atoms with van der Waals surface area (Å²) >= 11 is 0. The number of hydrogen-bond acceptors (Lipinski definition) is 2. The minimum Gasteiger partial charge on any atom is -0.370 e. The monoisotopic (exact) mass is 176 g/mol. The van der Waals surface area contributed by atoms with E-state index in [1.54, 1.807) is 0 Å². The molecule has 0 unspecified atom stereocenters. The van der Waals surface area contributed by atoms with Gasteiger partial charge in [-0.25, -0.2) is 4.98 Å². The highest BCUT2D eigenvalue weighted by Crippen LogP contribution is 2.26. The molecule has 1 N–H and O–H groups in total. The molecule has 13 heavy (non-hydrogen) atoms. The van der Waals surface area contributed by atoms with Gasteiger partial charge in [0.15, 0.2) is 0 Å². The van der Waals surface area contributed by atoms with E-state index in [-0.39, 0.29) is 0 Å². The molecule has 2 nitrogen and oxygen atoms in total. The van der Waals surface area contributed by atoms with Gasteiger partial charge < -0.3 is 5.32 Å². The molecule has 1 aromatic heterocycles. The van der Waals surface area contributed by atoms with Gasteiger partial charge in [0, 0.05) is 12.7 Å². The normalized spacial score (nSPS) is 16.7. The van der Waals surface area contributed by atoms with E-state index in [0.29, 0.717) is 0 Å². The first-order valence-corrected chi connectivity index (χ1v) is 5.02. The fraction of sp³-hybridized carbons (Fsp3) is 0.545. The van der Waals surface area contributed by atoms with Crippen molar-refractivity contribution in [2.75, 3.05) is 11.9 Å². The molecule has 2 heteroatoms. The molecule has 70 valence electrons. The largest absolute Gasteiger partial charge is 0.370 e. The van der Waals surface area contributed by atoms with Crippen molar-refractivity contribution in [2.45, 2.75) is 26.2 Å². The lowest BCUT2D eigenvalue weighted by Gasteiger charge is -2.25. The third kappa shape index (κ3) is 2.00. The summed E-state index contributed by atoms with van der Waals surface area (Å²) in [5.41, 5.74) is 1.24. The highest BCUT2D eigenvalue weighted by atomic mass is 15.0. The van der Waals surface area contributed by atoms with Crippen LogP contribution in [0.4, 0.5) is 5.82 Å². The van der Waals surface area contributed by atoms with E-state index in [2.05, 4.69) is 23.3 Å². The zero-order chi connectivity index (χ0) is 9.10. The van der Waals surface area contributed by atoms with Crippen molar-refractivity contribution in [3.63, 3.8) is 0 Å². The van der Waals surface area contributed by atoms with Crippen molar-refractivity contribution in [1.82, 2.24) is 4.98 Å². The van der Waals surface area contributed by atoms with E-state index in [1.807, 2.05) is 12.3 Å². The topological polar surface area (TPSA) is 24.9 Å². The van der Waals surface area contributed by atoms with E-state index in [9.17, 15) is 0 Å². The number of hydrogen-bond donors (Lipinski definition) is 1. The third-order valence-electron chi connectivity index (χ3n) is 2.79. The predicted molar refractivity (Wildman–Crippen MR) is 54.8 cm³/mol. The molecule has 0 saturated heterocycles. The molecule has 0 aliphatic heterocycles. The molecule has 1 aliphatic rings. The molecule has 2 rings (SSSR count). The quantitative estimate of drug-likeness (QED) is 0.765. The summed E-state index contributed by atoms with van der Waals surface area (Å²) in [6.07, 6.45) is 6.03. The van der Waals surface area contributed by atoms with Gasteiger partial charge >= 0.3 is 0 Å². The maximum Gasteiger partial charge on any atom is 0.128 e. The molecule has 0 amide bonds. The molecule has 1 aliphatic carbocycles. The standard InChI is InChI=1S/C11H16N2/c1-9-4-3-7-12-11(9)13-8-10-5-2-6-10/h3-4,7,10H,2,5-6,8H2,1H3,(H,12,13). The molecule has 0 bridgehead atoms. The average Bonchev–Trinajstić information content (AvgIpc) is 2.05. The van der Waals surface area contributed by atoms with Crippen LogP contribution in [-0.4, -0.2) is 11.5 Å². The molecule has 0 aromatic carbocycles. The van der Waals surface area contributed by atoms with Gasteiger partial charge in [-0.2, -0.15) is 0 Å². The summed E-state index contributed by atoms with van der Waals surface area (Å²) in [6.45, 7) is 3.19. The number of aromatic nitrogens is 1. The van der Waals surface area contributed by atoms with Crippen LogP contribution >= 0.6 is 0 Å². The van der Waals surface area contributed by atoms with E-state index in [1.165, 1.54) is 24.8 Å². The van der Waals surface area contributed by atoms with E-state index >= 15 is 0 Å². The van der Waals surface area contributed by atoms with Crippen LogP contribution in [0.25, 0.3) is 0 Å². The van der Waals surface area contributed by atoms with Crippen LogP contribution < -0.4 is 5.32 Å². The summed E-state index contributed by atoms with van der Waals surface area (Å²) in [4.78, 5) is 4.30. The Morgan fingerprint density at radius 2 is 2.38 bits per heavy atom. The Bertz CT molecular complexity index is 279. The molecule has 1 heterocycles. The summed E-state index contributed by atoms with van der Waals surface area (Å²) in [7, 11) is 0. The van der Waals surface area contributed by atoms with Crippen molar-refractivity contribution < 1.29 is 0 Å². The van der Waals surface area contributed by atoms with Gasteiger partial charge in [-0.15, -0.1) is 0 Å². The fourth-order valence-electron chi connectivity index (χ4n) is 1.61. The van der Waals surface area contributed by atoms with E-state index < -0.39 is 0 Å². The van der Waals surface area contributed by atoms with Crippen molar-refractivity contribution in [3.8, 4) is 0 Å². The van der Waals surface area contributed by atoms with Gasteiger partial charge in [-0.05, 0) is 37.3 Å². The minimum absolute atomic E-state index is 0.890. The van der Waals surface area contributed by atoms with Gasteiger partial charge in [-0.1, -0.05) is 12.5 Å². The number of rotatable bonds is 3. The number of aryl methyl sites for hydroxylation is 1. The lowest BCUT2D eigenvalue weighted by molar-refractivity contribution is 0.333. The second-order valence-corrected chi connectivity index (χ2v) is 3.85. The van der Waals surface area contributed by atoms with Crippen molar-refractivity contribution >= 4 is 5.82 Å². The molecule has 1 aromatic rings. The number of nitrogens with zero attached hydrogens (tertiary/aromatic N) is 1. The van der Waals surface area contributed by atoms with Gasteiger partial charge in [0.25, 0.3) is 0 Å². The zero-order valence-corrected chi connectivity index (χ0v) is 8.09. The Morgan fingerprint density at radius 3 is 3.00 bits per heavy atom. The fourth-order valence-corrected chi connectivity index (χ4v) is 1.61. The van der Waals surface area contributed by atoms with E-state index in [4.69, 9.17) is 0 Å². The second kappa shape index (κ2) is 3.77. The first-order valence-electron chi connectivity index (χ1n) is 5.02. The SMILES string of the molecule is Cc1cccnc1NCC1CCC1. The summed E-state index contributed by atoms with van der Waals surface area (Å²) in [5.74, 6) is 1.94. The average molecular weight is 176 g/mol. The summed E-state index contributed by atoms with van der Waals surface area (Å²) < 4.78 is 0. The Kier molecular flexibility index (Phi) is 2.48. The Hall–Kier alpha value is -1.05. The van der Waals surface area contributed by atoms with Crippen LogP contribution in [0.2, 0.25) is 0 Å². The minimum atomic E-state index is 0.890. The lowest BCUT2D eigenvalue weighted by atomic mass is 9.85. The van der Waals surface area contributed by atoms with Crippen LogP contribution in [0.5, 0.6) is 0 Å². The van der Waals surface area contributed by atoms with Crippen LogP contribution in [0.1, 0.15) is 24.8 Å². The molecule has 0 atom stereocenters. The number of anilines is 1. The van der Waals surface area contributed by atoms with Gasteiger partial charge in [0.2, 0.25) is 0 Å². The summed E-state index contributed by atoms with van der Waals surface area (Å²) in [5, 5.41) is 3.40. The second-order valence-electron chi connectivity index (χ2n) is 3.85. The highest BCUT2D eigenvalue weighted by Gasteiger charge is 2.16. The van der Waals surface area contributed by atoms with Crippen molar-refractivity contribution in [1.29, 1.82) is 0 Å². The maximum atomic E-state index is 4.30. The van der Waals surface area contributed by atoms with Gasteiger partial charge in [0.1, 0.15) is 5.82 Å².